The second-order valence-electron chi connectivity index (χ2n) is 10.0. The maximum atomic E-state index is 15.1. The van der Waals surface area contributed by atoms with Crippen LogP contribution in [0.3, 0.4) is 0 Å². The SMILES string of the molecule is CCCCOc1ccc(C(=O)N(C)c2ccc(N3CCC(NCC4COC(C)(C)O4)C3)c(F)c2)cc1. The number of anilines is 2. The van der Waals surface area contributed by atoms with E-state index in [1.54, 1.807) is 43.4 Å². The van der Waals surface area contributed by atoms with Crippen LogP contribution in [0.15, 0.2) is 42.5 Å². The third-order valence-corrected chi connectivity index (χ3v) is 6.72. The van der Waals surface area contributed by atoms with Crippen molar-refractivity contribution in [3.8, 4) is 5.75 Å². The van der Waals surface area contributed by atoms with Crippen LogP contribution in [-0.4, -0.2) is 63.7 Å². The molecule has 7 nitrogen and oxygen atoms in total. The van der Waals surface area contributed by atoms with E-state index < -0.39 is 5.79 Å². The molecule has 1 N–H and O–H groups in total. The van der Waals surface area contributed by atoms with Gasteiger partial charge in [0.05, 0.1) is 25.0 Å². The molecule has 2 saturated heterocycles. The molecule has 1 amide bonds. The first-order chi connectivity index (χ1) is 17.3. The summed E-state index contributed by atoms with van der Waals surface area (Å²) < 4.78 is 32.3. The standard InChI is InChI=1S/C28H38FN3O4/c1-5-6-15-34-23-10-7-20(8-11-23)27(33)31(4)22-9-12-26(25(29)16-22)32-14-13-21(18-32)30-17-24-19-35-28(2,3)36-24/h7-12,16,21,24,30H,5-6,13-15,17-19H2,1-4H3. The minimum Gasteiger partial charge on any atom is -0.494 e. The second kappa shape index (κ2) is 11.6. The van der Waals surface area contributed by atoms with E-state index in [4.69, 9.17) is 14.2 Å². The predicted molar refractivity (Wildman–Crippen MR) is 140 cm³/mol. The third-order valence-electron chi connectivity index (χ3n) is 6.72. The first-order valence-corrected chi connectivity index (χ1v) is 12.9. The summed E-state index contributed by atoms with van der Waals surface area (Å²) in [5, 5.41) is 3.53. The van der Waals surface area contributed by atoms with E-state index in [2.05, 4.69) is 12.2 Å². The van der Waals surface area contributed by atoms with Crippen LogP contribution in [0.25, 0.3) is 0 Å². The van der Waals surface area contributed by atoms with E-state index in [9.17, 15) is 4.79 Å². The van der Waals surface area contributed by atoms with Crippen molar-refractivity contribution in [1.82, 2.24) is 5.32 Å². The van der Waals surface area contributed by atoms with Crippen LogP contribution in [0, 0.1) is 5.82 Å². The lowest BCUT2D eigenvalue weighted by atomic mass is 10.1. The quantitative estimate of drug-likeness (QED) is 0.482. The van der Waals surface area contributed by atoms with Crippen molar-refractivity contribution in [2.45, 2.75) is 58.0 Å². The first kappa shape index (κ1) is 26.4. The van der Waals surface area contributed by atoms with Crippen molar-refractivity contribution in [1.29, 1.82) is 0 Å². The number of carbonyl (C=O) groups is 1. The summed E-state index contributed by atoms with van der Waals surface area (Å²) in [4.78, 5) is 16.5. The zero-order chi connectivity index (χ0) is 25.7. The Balaban J connectivity index is 1.31. The summed E-state index contributed by atoms with van der Waals surface area (Å²) in [6, 6.07) is 12.3. The van der Waals surface area contributed by atoms with Crippen molar-refractivity contribution in [2.24, 2.45) is 0 Å². The molecule has 2 fully saturated rings. The molecule has 4 rings (SSSR count). The van der Waals surface area contributed by atoms with Gasteiger partial charge in [-0.25, -0.2) is 4.39 Å². The van der Waals surface area contributed by atoms with Crippen LogP contribution < -0.4 is 19.9 Å². The lowest BCUT2D eigenvalue weighted by Gasteiger charge is -2.23. The molecule has 0 bridgehead atoms. The highest BCUT2D eigenvalue weighted by atomic mass is 19.1. The van der Waals surface area contributed by atoms with Gasteiger partial charge in [0.2, 0.25) is 0 Å². The molecule has 0 aromatic heterocycles. The highest BCUT2D eigenvalue weighted by molar-refractivity contribution is 6.05. The lowest BCUT2D eigenvalue weighted by molar-refractivity contribution is -0.137. The Hall–Kier alpha value is -2.68. The van der Waals surface area contributed by atoms with E-state index in [0.29, 0.717) is 43.2 Å². The van der Waals surface area contributed by atoms with E-state index in [-0.39, 0.29) is 23.9 Å². The number of nitrogens with one attached hydrogen (secondary N) is 1. The van der Waals surface area contributed by atoms with Crippen molar-refractivity contribution in [3.05, 3.63) is 53.8 Å². The predicted octanol–water partition coefficient (Wildman–Crippen LogP) is 4.60. The van der Waals surface area contributed by atoms with Crippen LogP contribution in [0.4, 0.5) is 15.8 Å². The van der Waals surface area contributed by atoms with Gasteiger partial charge in [-0.2, -0.15) is 0 Å². The van der Waals surface area contributed by atoms with E-state index >= 15 is 4.39 Å². The number of halogens is 1. The number of ether oxygens (including phenoxy) is 3. The van der Waals surface area contributed by atoms with Crippen LogP contribution in [-0.2, 0) is 9.47 Å². The van der Waals surface area contributed by atoms with Crippen molar-refractivity contribution in [3.63, 3.8) is 0 Å². The topological polar surface area (TPSA) is 63.3 Å². The Morgan fingerprint density at radius 2 is 2.03 bits per heavy atom. The molecule has 0 saturated carbocycles. The zero-order valence-corrected chi connectivity index (χ0v) is 21.8. The molecule has 2 aromatic rings. The van der Waals surface area contributed by atoms with Gasteiger partial charge < -0.3 is 29.3 Å². The van der Waals surface area contributed by atoms with E-state index in [1.807, 2.05) is 18.7 Å². The largest absolute Gasteiger partial charge is 0.494 e. The summed E-state index contributed by atoms with van der Waals surface area (Å²) in [5.74, 6) is -0.320. The molecule has 196 valence electrons. The number of unbranched alkanes of at least 4 members (excludes halogenated alkanes) is 1. The average Bonchev–Trinajstić information content (AvgIpc) is 3.48. The van der Waals surface area contributed by atoms with E-state index in [0.717, 1.165) is 31.6 Å². The smallest absolute Gasteiger partial charge is 0.258 e. The Labute approximate surface area is 213 Å². The number of benzene rings is 2. The molecule has 2 unspecified atom stereocenters. The fraction of sp³-hybridized carbons (Fsp3) is 0.536. The fourth-order valence-corrected chi connectivity index (χ4v) is 4.61. The summed E-state index contributed by atoms with van der Waals surface area (Å²) in [5.41, 5.74) is 1.59. The van der Waals surface area contributed by atoms with Crippen molar-refractivity contribution < 1.29 is 23.4 Å². The van der Waals surface area contributed by atoms with Gasteiger partial charge in [-0.1, -0.05) is 13.3 Å². The first-order valence-electron chi connectivity index (χ1n) is 12.9. The highest BCUT2D eigenvalue weighted by Gasteiger charge is 2.33. The van der Waals surface area contributed by atoms with Gasteiger partial charge in [-0.05, 0) is 69.2 Å². The minimum absolute atomic E-state index is 0.0305. The molecule has 2 atom stereocenters. The van der Waals surface area contributed by atoms with Crippen LogP contribution in [0.1, 0.15) is 50.4 Å². The van der Waals surface area contributed by atoms with E-state index in [1.165, 1.54) is 11.0 Å². The van der Waals surface area contributed by atoms with Gasteiger partial charge in [0.25, 0.3) is 5.91 Å². The number of nitrogens with zero attached hydrogens (tertiary/aromatic N) is 2. The molecule has 0 spiro atoms. The molecule has 2 aliphatic rings. The Morgan fingerprint density at radius 1 is 1.25 bits per heavy atom. The molecule has 36 heavy (non-hydrogen) atoms. The molecule has 2 heterocycles. The average molecular weight is 500 g/mol. The summed E-state index contributed by atoms with van der Waals surface area (Å²) in [6.07, 6.45) is 3.01. The maximum absolute atomic E-state index is 15.1. The van der Waals surface area contributed by atoms with Gasteiger partial charge >= 0.3 is 0 Å². The zero-order valence-electron chi connectivity index (χ0n) is 21.8. The molecule has 0 radical (unpaired) electrons. The molecule has 8 heteroatoms. The lowest BCUT2D eigenvalue weighted by Crippen LogP contribution is -2.39. The highest BCUT2D eigenvalue weighted by Crippen LogP contribution is 2.29. The summed E-state index contributed by atoms with van der Waals surface area (Å²) in [7, 11) is 1.66. The summed E-state index contributed by atoms with van der Waals surface area (Å²) >= 11 is 0. The second-order valence-corrected chi connectivity index (χ2v) is 10.0. The van der Waals surface area contributed by atoms with Gasteiger partial charge in [0, 0.05) is 44.0 Å². The third kappa shape index (κ3) is 6.55. The van der Waals surface area contributed by atoms with Crippen LogP contribution in [0.2, 0.25) is 0 Å². The number of hydrogen-bond donors (Lipinski definition) is 1. The Morgan fingerprint density at radius 3 is 2.69 bits per heavy atom. The van der Waals surface area contributed by atoms with Crippen molar-refractivity contribution in [2.75, 3.05) is 49.7 Å². The monoisotopic (exact) mass is 499 g/mol. The maximum Gasteiger partial charge on any atom is 0.258 e. The Bertz CT molecular complexity index is 1030. The molecule has 0 aliphatic carbocycles. The fourth-order valence-electron chi connectivity index (χ4n) is 4.61. The molecule has 2 aliphatic heterocycles. The number of carbonyl (C=O) groups excluding carboxylic acids is 1. The number of amides is 1. The minimum atomic E-state index is -0.528. The number of rotatable bonds is 10. The van der Waals surface area contributed by atoms with Gasteiger partial charge in [-0.3, -0.25) is 4.79 Å². The summed E-state index contributed by atoms with van der Waals surface area (Å²) in [6.45, 7) is 9.38. The number of hydrogen-bond acceptors (Lipinski definition) is 6. The van der Waals surface area contributed by atoms with Crippen LogP contribution >= 0.6 is 0 Å². The van der Waals surface area contributed by atoms with Gasteiger partial charge in [-0.15, -0.1) is 0 Å². The Kier molecular flexibility index (Phi) is 8.49. The van der Waals surface area contributed by atoms with Gasteiger partial charge in [0.1, 0.15) is 11.6 Å². The van der Waals surface area contributed by atoms with Gasteiger partial charge in [0.15, 0.2) is 5.79 Å². The normalized spacial score (nSPS) is 21.1. The molecular formula is C28H38FN3O4. The van der Waals surface area contributed by atoms with Crippen LogP contribution in [0.5, 0.6) is 5.75 Å². The van der Waals surface area contributed by atoms with Crippen molar-refractivity contribution >= 4 is 17.3 Å². The molecular weight excluding hydrogens is 461 g/mol. The molecule has 2 aromatic carbocycles.